The third-order valence-electron chi connectivity index (χ3n) is 5.10. The minimum absolute atomic E-state index is 0.0594. The zero-order valence-electron chi connectivity index (χ0n) is 14.6. The number of morpholine rings is 1. The Balaban J connectivity index is 1.67. The van der Waals surface area contributed by atoms with Crippen LogP contribution < -0.4 is 5.32 Å². The Labute approximate surface area is 143 Å². The molecule has 0 saturated carbocycles. The van der Waals surface area contributed by atoms with Gasteiger partial charge in [0.2, 0.25) is 5.91 Å². The number of hydrogen-bond donors (Lipinski definition) is 1. The molecule has 2 aliphatic rings. The summed E-state index contributed by atoms with van der Waals surface area (Å²) >= 11 is 0. The highest BCUT2D eigenvalue weighted by molar-refractivity contribution is 5.86. The van der Waals surface area contributed by atoms with Crippen molar-refractivity contribution < 1.29 is 14.3 Å². The second-order valence-corrected chi connectivity index (χ2v) is 6.96. The van der Waals surface area contributed by atoms with Crippen molar-refractivity contribution in [3.05, 3.63) is 34.9 Å². The van der Waals surface area contributed by atoms with Crippen molar-refractivity contribution in [2.24, 2.45) is 0 Å². The smallest absolute Gasteiger partial charge is 0.253 e. The molecule has 0 spiro atoms. The molecule has 2 amide bonds. The molecular weight excluding hydrogens is 304 g/mol. The van der Waals surface area contributed by atoms with Gasteiger partial charge in [-0.2, -0.15) is 0 Å². The van der Waals surface area contributed by atoms with Gasteiger partial charge in [0.05, 0.1) is 19.6 Å². The number of carbonyl (C=O) groups is 2. The van der Waals surface area contributed by atoms with Gasteiger partial charge >= 0.3 is 0 Å². The minimum Gasteiger partial charge on any atom is -0.362 e. The number of carbonyl (C=O) groups excluding carboxylic acids is 2. The molecule has 0 radical (unpaired) electrons. The minimum atomic E-state index is -0.960. The van der Waals surface area contributed by atoms with Crippen LogP contribution in [0.2, 0.25) is 0 Å². The Morgan fingerprint density at radius 2 is 2.00 bits per heavy atom. The lowest BCUT2D eigenvalue weighted by Crippen LogP contribution is -2.59. The average Bonchev–Trinajstić information content (AvgIpc) is 2.61. The van der Waals surface area contributed by atoms with Gasteiger partial charge in [0, 0.05) is 13.6 Å². The number of amides is 2. The molecule has 1 heterocycles. The molecule has 0 aromatic heterocycles. The van der Waals surface area contributed by atoms with Gasteiger partial charge in [-0.1, -0.05) is 18.2 Å². The van der Waals surface area contributed by atoms with E-state index in [1.807, 2.05) is 0 Å². The fraction of sp³-hybridized carbons (Fsp3) is 0.579. The lowest BCUT2D eigenvalue weighted by atomic mass is 9.90. The molecule has 1 saturated heterocycles. The first-order valence-corrected chi connectivity index (χ1v) is 8.76. The van der Waals surface area contributed by atoms with E-state index in [4.69, 9.17) is 4.74 Å². The number of hydrogen-bond acceptors (Lipinski definition) is 3. The highest BCUT2D eigenvalue weighted by Crippen LogP contribution is 2.23. The summed E-state index contributed by atoms with van der Waals surface area (Å²) in [5.41, 5.74) is 2.92. The molecule has 1 unspecified atom stereocenters. The fourth-order valence-electron chi connectivity index (χ4n) is 3.67. The van der Waals surface area contributed by atoms with Crippen molar-refractivity contribution in [1.82, 2.24) is 10.2 Å². The standard InChI is InChI=1S/C19H26N2O3/c1-19(18(23)20-2)13-21(9-10-24-19)17(22)12-14-7-8-15-5-3-4-6-16(15)11-14/h7-8,11H,3-6,9-10,12-13H2,1-2H3,(H,20,23). The van der Waals surface area contributed by atoms with Crippen LogP contribution in [0.25, 0.3) is 0 Å². The third kappa shape index (κ3) is 3.46. The van der Waals surface area contributed by atoms with Crippen LogP contribution in [0.1, 0.15) is 36.5 Å². The average molecular weight is 330 g/mol. The largest absolute Gasteiger partial charge is 0.362 e. The predicted molar refractivity (Wildman–Crippen MR) is 91.8 cm³/mol. The Bertz CT molecular complexity index is 643. The summed E-state index contributed by atoms with van der Waals surface area (Å²) in [7, 11) is 1.59. The van der Waals surface area contributed by atoms with Crippen molar-refractivity contribution in [3.8, 4) is 0 Å². The van der Waals surface area contributed by atoms with Gasteiger partial charge in [-0.15, -0.1) is 0 Å². The maximum absolute atomic E-state index is 12.7. The summed E-state index contributed by atoms with van der Waals surface area (Å²) in [6, 6.07) is 6.43. The topological polar surface area (TPSA) is 58.6 Å². The fourth-order valence-corrected chi connectivity index (χ4v) is 3.67. The summed E-state index contributed by atoms with van der Waals surface area (Å²) in [5, 5.41) is 2.62. The van der Waals surface area contributed by atoms with E-state index in [-0.39, 0.29) is 11.8 Å². The number of nitrogens with one attached hydrogen (secondary N) is 1. The van der Waals surface area contributed by atoms with Crippen LogP contribution >= 0.6 is 0 Å². The molecule has 1 aromatic rings. The zero-order valence-corrected chi connectivity index (χ0v) is 14.6. The van der Waals surface area contributed by atoms with Crippen LogP contribution in [0.15, 0.2) is 18.2 Å². The van der Waals surface area contributed by atoms with E-state index in [0.717, 1.165) is 18.4 Å². The van der Waals surface area contributed by atoms with Gasteiger partial charge in [-0.3, -0.25) is 9.59 Å². The van der Waals surface area contributed by atoms with Gasteiger partial charge in [-0.25, -0.2) is 0 Å². The number of ether oxygens (including phenoxy) is 1. The molecule has 0 bridgehead atoms. The molecule has 1 N–H and O–H groups in total. The molecular formula is C19H26N2O3. The van der Waals surface area contributed by atoms with Crippen LogP contribution in [0.5, 0.6) is 0 Å². The summed E-state index contributed by atoms with van der Waals surface area (Å²) in [6.07, 6.45) is 5.15. The van der Waals surface area contributed by atoms with E-state index in [1.54, 1.807) is 18.9 Å². The quantitative estimate of drug-likeness (QED) is 0.913. The summed E-state index contributed by atoms with van der Waals surface area (Å²) in [5.74, 6) is -0.127. The monoisotopic (exact) mass is 330 g/mol. The number of aryl methyl sites for hydroxylation is 2. The van der Waals surface area contributed by atoms with Crippen molar-refractivity contribution in [2.45, 2.75) is 44.6 Å². The van der Waals surface area contributed by atoms with E-state index in [9.17, 15) is 9.59 Å². The van der Waals surface area contributed by atoms with Gasteiger partial charge in [0.1, 0.15) is 0 Å². The van der Waals surface area contributed by atoms with E-state index < -0.39 is 5.60 Å². The lowest BCUT2D eigenvalue weighted by molar-refractivity contribution is -0.162. The van der Waals surface area contributed by atoms with Gasteiger partial charge in [0.25, 0.3) is 5.91 Å². The zero-order chi connectivity index (χ0) is 17.2. The number of benzene rings is 1. The SMILES string of the molecule is CNC(=O)C1(C)CN(C(=O)Cc2ccc3c(c2)CCCC3)CCO1. The van der Waals surface area contributed by atoms with E-state index >= 15 is 0 Å². The maximum atomic E-state index is 12.7. The lowest BCUT2D eigenvalue weighted by Gasteiger charge is -2.39. The second-order valence-electron chi connectivity index (χ2n) is 6.96. The molecule has 130 valence electrons. The highest BCUT2D eigenvalue weighted by Gasteiger charge is 2.40. The molecule has 5 nitrogen and oxygen atoms in total. The summed E-state index contributed by atoms with van der Waals surface area (Å²) in [4.78, 5) is 26.4. The molecule has 1 atom stereocenters. The molecule has 24 heavy (non-hydrogen) atoms. The Kier molecular flexibility index (Phi) is 4.90. The van der Waals surface area contributed by atoms with Crippen LogP contribution in [-0.2, 0) is 33.6 Å². The van der Waals surface area contributed by atoms with Gasteiger partial charge in [-0.05, 0) is 49.3 Å². The number of nitrogens with zero attached hydrogens (tertiary/aromatic N) is 1. The van der Waals surface area contributed by atoms with Crippen molar-refractivity contribution in [1.29, 1.82) is 0 Å². The molecule has 5 heteroatoms. The van der Waals surface area contributed by atoms with E-state index in [1.165, 1.54) is 24.0 Å². The molecule has 1 aliphatic heterocycles. The molecule has 1 aliphatic carbocycles. The molecule has 3 rings (SSSR count). The highest BCUT2D eigenvalue weighted by atomic mass is 16.5. The van der Waals surface area contributed by atoms with Crippen LogP contribution in [0.3, 0.4) is 0 Å². The molecule has 1 aromatic carbocycles. The van der Waals surface area contributed by atoms with Crippen LogP contribution in [-0.4, -0.2) is 49.1 Å². The Hall–Kier alpha value is -1.88. The van der Waals surface area contributed by atoms with Gasteiger partial charge in [0.15, 0.2) is 5.60 Å². The second kappa shape index (κ2) is 6.93. The Morgan fingerprint density at radius 3 is 2.75 bits per heavy atom. The first kappa shape index (κ1) is 17.0. The Morgan fingerprint density at radius 1 is 1.25 bits per heavy atom. The first-order valence-electron chi connectivity index (χ1n) is 8.76. The van der Waals surface area contributed by atoms with Crippen molar-refractivity contribution in [2.75, 3.05) is 26.7 Å². The normalized spacial score (nSPS) is 23.5. The summed E-state index contributed by atoms with van der Waals surface area (Å²) < 4.78 is 5.62. The van der Waals surface area contributed by atoms with Crippen LogP contribution in [0, 0.1) is 0 Å². The number of fused-ring (bicyclic) bond motifs is 1. The first-order chi connectivity index (χ1) is 11.5. The predicted octanol–water partition coefficient (Wildman–Crippen LogP) is 1.47. The molecule has 1 fully saturated rings. The van der Waals surface area contributed by atoms with E-state index in [0.29, 0.717) is 26.1 Å². The number of likely N-dealkylation sites (N-methyl/N-ethyl adjacent to an activating group) is 1. The van der Waals surface area contributed by atoms with Crippen LogP contribution in [0.4, 0.5) is 0 Å². The third-order valence-corrected chi connectivity index (χ3v) is 5.10. The van der Waals surface area contributed by atoms with Gasteiger partial charge < -0.3 is 15.0 Å². The van der Waals surface area contributed by atoms with Crippen molar-refractivity contribution in [3.63, 3.8) is 0 Å². The van der Waals surface area contributed by atoms with Crippen molar-refractivity contribution >= 4 is 11.8 Å². The number of rotatable bonds is 3. The maximum Gasteiger partial charge on any atom is 0.253 e. The summed E-state index contributed by atoms with van der Waals surface area (Å²) in [6.45, 7) is 2.97. The van der Waals surface area contributed by atoms with E-state index in [2.05, 4.69) is 23.5 Å².